The number of carbonyl (C=O) groups excluding carboxylic acids is 4. The average Bonchev–Trinajstić information content (AvgIpc) is 3.16. The van der Waals surface area contributed by atoms with E-state index in [1.807, 2.05) is 0 Å². The Hall–Kier alpha value is -1.42. The second kappa shape index (κ2) is 14.6. The van der Waals surface area contributed by atoms with Crippen molar-refractivity contribution in [2.75, 3.05) is 24.6 Å². The van der Waals surface area contributed by atoms with Crippen LogP contribution in [0.2, 0.25) is 0 Å². The van der Waals surface area contributed by atoms with Gasteiger partial charge in [0.15, 0.2) is 0 Å². The molecule has 1 aliphatic rings. The Labute approximate surface area is 168 Å². The van der Waals surface area contributed by atoms with Gasteiger partial charge < -0.3 is 10.6 Å². The van der Waals surface area contributed by atoms with E-state index in [1.165, 1.54) is 21.6 Å². The van der Waals surface area contributed by atoms with Crippen LogP contribution in [-0.2, 0) is 9.59 Å². The maximum atomic E-state index is 11.8. The molecule has 0 unspecified atom stereocenters. The van der Waals surface area contributed by atoms with E-state index in [0.29, 0.717) is 18.8 Å². The molecule has 0 aromatic rings. The molecule has 0 heterocycles. The fourth-order valence-electron chi connectivity index (χ4n) is 2.59. The zero-order chi connectivity index (χ0) is 19.9. The normalized spacial score (nSPS) is 13.8. The molecule has 0 bridgehead atoms. The van der Waals surface area contributed by atoms with Gasteiger partial charge in [-0.05, 0) is 19.3 Å². The number of unbranched alkanes of at least 4 members (excludes halogenated alkanes) is 2. The lowest BCUT2D eigenvalue weighted by atomic mass is 10.1. The van der Waals surface area contributed by atoms with Gasteiger partial charge in [-0.15, -0.1) is 0 Å². The highest BCUT2D eigenvalue weighted by Gasteiger charge is 2.23. The Morgan fingerprint density at radius 3 is 2.26 bits per heavy atom. The van der Waals surface area contributed by atoms with Crippen LogP contribution in [0.25, 0.3) is 0 Å². The predicted molar refractivity (Wildman–Crippen MR) is 109 cm³/mol. The summed E-state index contributed by atoms with van der Waals surface area (Å²) in [6, 6.07) is -0.943. The van der Waals surface area contributed by atoms with Gasteiger partial charge in [0.25, 0.3) is 0 Å². The minimum Gasteiger partial charge on any atom is -0.338 e. The molecule has 0 atom stereocenters. The van der Waals surface area contributed by atoms with E-state index in [2.05, 4.69) is 28.2 Å². The Kier molecular flexibility index (Phi) is 12.8. The number of hydrogen-bond donors (Lipinski definition) is 4. The lowest BCUT2D eigenvalue weighted by Crippen LogP contribution is -2.42. The summed E-state index contributed by atoms with van der Waals surface area (Å²) < 4.78 is 0. The summed E-state index contributed by atoms with van der Waals surface area (Å²) in [5, 5.41) is 9.90. The zero-order valence-corrected chi connectivity index (χ0v) is 17.4. The van der Waals surface area contributed by atoms with Crippen LogP contribution in [0.15, 0.2) is 0 Å². The van der Waals surface area contributed by atoms with Crippen LogP contribution in [0, 0.1) is 5.92 Å². The molecule has 0 radical (unpaired) electrons. The van der Waals surface area contributed by atoms with Gasteiger partial charge >= 0.3 is 12.1 Å². The average molecular weight is 419 g/mol. The number of urea groups is 2. The van der Waals surface area contributed by atoms with Crippen molar-refractivity contribution < 1.29 is 19.2 Å². The van der Waals surface area contributed by atoms with E-state index in [9.17, 15) is 19.2 Å². The smallest absolute Gasteiger partial charge is 0.321 e. The molecule has 8 nitrogen and oxygen atoms in total. The topological polar surface area (TPSA) is 116 Å². The molecule has 0 spiro atoms. The molecule has 1 fully saturated rings. The van der Waals surface area contributed by atoms with Crippen molar-refractivity contribution in [1.82, 2.24) is 21.3 Å². The second-order valence-corrected chi connectivity index (χ2v) is 8.90. The van der Waals surface area contributed by atoms with Crippen molar-refractivity contribution in [2.24, 2.45) is 5.92 Å². The minimum absolute atomic E-state index is 0.0389. The number of rotatable bonds is 11. The third-order valence-electron chi connectivity index (χ3n) is 4.03. The number of hydrogen-bond acceptors (Lipinski definition) is 6. The summed E-state index contributed by atoms with van der Waals surface area (Å²) in [4.78, 5) is 46.5. The Bertz CT molecular complexity index is 499. The van der Waals surface area contributed by atoms with Gasteiger partial charge in [0.1, 0.15) is 0 Å². The van der Waals surface area contributed by atoms with Crippen LogP contribution in [-0.4, -0.2) is 48.5 Å². The van der Waals surface area contributed by atoms with E-state index >= 15 is 0 Å². The molecular weight excluding hydrogens is 388 g/mol. The van der Waals surface area contributed by atoms with Crippen molar-refractivity contribution in [3.63, 3.8) is 0 Å². The highest BCUT2D eigenvalue weighted by molar-refractivity contribution is 8.76. The largest absolute Gasteiger partial charge is 0.338 e. The number of amides is 6. The van der Waals surface area contributed by atoms with E-state index in [0.717, 1.165) is 44.9 Å². The third-order valence-corrected chi connectivity index (χ3v) is 6.30. The van der Waals surface area contributed by atoms with Gasteiger partial charge in [0.05, 0.1) is 5.75 Å². The van der Waals surface area contributed by atoms with Crippen LogP contribution in [0.5, 0.6) is 0 Å². The molecule has 10 heteroatoms. The van der Waals surface area contributed by atoms with Crippen molar-refractivity contribution in [2.45, 2.75) is 51.9 Å². The summed E-state index contributed by atoms with van der Waals surface area (Å²) in [5.74, 6) is 0.152. The van der Waals surface area contributed by atoms with Crippen LogP contribution >= 0.6 is 21.6 Å². The van der Waals surface area contributed by atoms with Crippen molar-refractivity contribution >= 4 is 45.5 Å². The van der Waals surface area contributed by atoms with Gasteiger partial charge in [0.2, 0.25) is 11.8 Å². The number of carbonyl (C=O) groups is 4. The summed E-state index contributed by atoms with van der Waals surface area (Å²) >= 11 is 0. The standard InChI is InChI=1S/C17H30N4O4S2/c1-2-3-6-9-18-16(24)20-14(22)12-27-26-11-10-19-17(25)21-15(23)13-7-4-5-8-13/h13H,2-12H2,1H3,(H2,18,20,22,24)(H2,19,21,23,25). The summed E-state index contributed by atoms with van der Waals surface area (Å²) in [6.45, 7) is 3.03. The molecule has 0 aromatic heterocycles. The molecule has 27 heavy (non-hydrogen) atoms. The Morgan fingerprint density at radius 1 is 0.889 bits per heavy atom. The highest BCUT2D eigenvalue weighted by Crippen LogP contribution is 2.24. The minimum atomic E-state index is -0.477. The van der Waals surface area contributed by atoms with Crippen LogP contribution in [0.1, 0.15) is 51.9 Å². The summed E-state index contributed by atoms with van der Waals surface area (Å²) in [6.07, 6.45) is 6.80. The highest BCUT2D eigenvalue weighted by atomic mass is 33.1. The van der Waals surface area contributed by atoms with Crippen molar-refractivity contribution in [3.05, 3.63) is 0 Å². The fourth-order valence-corrected chi connectivity index (χ4v) is 4.33. The van der Waals surface area contributed by atoms with Crippen molar-refractivity contribution in [3.8, 4) is 0 Å². The number of imide groups is 2. The molecule has 4 N–H and O–H groups in total. The first kappa shape index (κ1) is 23.6. The molecule has 6 amide bonds. The molecule has 1 saturated carbocycles. The van der Waals surface area contributed by atoms with Crippen LogP contribution in [0.3, 0.4) is 0 Å². The SMILES string of the molecule is CCCCCNC(=O)NC(=O)CSSCCNC(=O)NC(=O)C1CCCC1. The maximum Gasteiger partial charge on any atom is 0.321 e. The lowest BCUT2D eigenvalue weighted by molar-refractivity contribution is -0.123. The van der Waals surface area contributed by atoms with Crippen molar-refractivity contribution in [1.29, 1.82) is 0 Å². The zero-order valence-electron chi connectivity index (χ0n) is 15.8. The first-order valence-corrected chi connectivity index (χ1v) is 11.9. The maximum absolute atomic E-state index is 11.8. The molecule has 0 aliphatic heterocycles. The molecular formula is C17H30N4O4S2. The lowest BCUT2D eigenvalue weighted by Gasteiger charge is -2.10. The second-order valence-electron chi connectivity index (χ2n) is 6.32. The Morgan fingerprint density at radius 2 is 1.56 bits per heavy atom. The fraction of sp³-hybridized carbons (Fsp3) is 0.765. The third kappa shape index (κ3) is 11.8. The van der Waals surface area contributed by atoms with E-state index in [4.69, 9.17) is 0 Å². The molecule has 154 valence electrons. The van der Waals surface area contributed by atoms with Gasteiger partial charge in [0, 0.05) is 24.8 Å². The molecule has 1 aliphatic carbocycles. The number of nitrogens with one attached hydrogen (secondary N) is 4. The quantitative estimate of drug-likeness (QED) is 0.302. The van der Waals surface area contributed by atoms with E-state index in [1.54, 1.807) is 0 Å². The van der Waals surface area contributed by atoms with E-state index in [-0.39, 0.29) is 23.5 Å². The van der Waals surface area contributed by atoms with E-state index < -0.39 is 12.1 Å². The van der Waals surface area contributed by atoms with Gasteiger partial charge in [-0.1, -0.05) is 54.2 Å². The van der Waals surface area contributed by atoms with Gasteiger partial charge in [-0.3, -0.25) is 20.2 Å². The van der Waals surface area contributed by atoms with Crippen LogP contribution < -0.4 is 21.3 Å². The summed E-state index contributed by atoms with van der Waals surface area (Å²) in [5.41, 5.74) is 0. The molecule has 0 aromatic carbocycles. The first-order chi connectivity index (χ1) is 13.0. The monoisotopic (exact) mass is 418 g/mol. The van der Waals surface area contributed by atoms with Gasteiger partial charge in [-0.25, -0.2) is 9.59 Å². The van der Waals surface area contributed by atoms with Gasteiger partial charge in [-0.2, -0.15) is 0 Å². The summed E-state index contributed by atoms with van der Waals surface area (Å²) in [7, 11) is 2.72. The predicted octanol–water partition coefficient (Wildman–Crippen LogP) is 2.40. The van der Waals surface area contributed by atoms with Crippen LogP contribution in [0.4, 0.5) is 9.59 Å². The molecule has 0 saturated heterocycles. The first-order valence-electron chi connectivity index (χ1n) is 9.43. The Balaban J connectivity index is 1.96. The molecule has 1 rings (SSSR count).